The average Bonchev–Trinajstić information content (AvgIpc) is 3.38. The van der Waals surface area contributed by atoms with Crippen LogP contribution in [0.5, 0.6) is 11.5 Å². The average molecular weight is 855 g/mol. The van der Waals surface area contributed by atoms with Crippen LogP contribution in [0.4, 0.5) is 0 Å². The lowest BCUT2D eigenvalue weighted by Gasteiger charge is -2.37. The van der Waals surface area contributed by atoms with Gasteiger partial charge in [-0.3, -0.25) is 0 Å². The summed E-state index contributed by atoms with van der Waals surface area (Å²) < 4.78 is 25.4. The predicted octanol–water partition coefficient (Wildman–Crippen LogP) is 12.4. The molecule has 320 valence electrons. The minimum absolute atomic E-state index is 0.153. The second-order valence-electron chi connectivity index (χ2n) is 15.2. The van der Waals surface area contributed by atoms with Crippen molar-refractivity contribution in [3.63, 3.8) is 0 Å². The molecule has 8 aromatic carbocycles. The Hall–Kier alpha value is -8.14. The molecule has 0 amide bonds. The lowest BCUT2D eigenvalue weighted by atomic mass is 9.65. The largest absolute Gasteiger partial charge is 0.498 e. The van der Waals surface area contributed by atoms with E-state index in [1.807, 2.05) is 158 Å². The molecule has 0 saturated carbocycles. The number of hydrogen-bond donors (Lipinski definition) is 0. The fourth-order valence-electron chi connectivity index (χ4n) is 8.50. The first-order valence-corrected chi connectivity index (χ1v) is 21.4. The molecule has 0 saturated heterocycles. The Morgan fingerprint density at radius 1 is 0.308 bits per heavy atom. The molecule has 65 heavy (non-hydrogen) atoms. The van der Waals surface area contributed by atoms with Gasteiger partial charge in [-0.1, -0.05) is 206 Å². The summed E-state index contributed by atoms with van der Waals surface area (Å²) in [5, 5.41) is 29.6. The van der Waals surface area contributed by atoms with Crippen LogP contribution in [-0.4, -0.2) is 26.4 Å². The van der Waals surface area contributed by atoms with E-state index in [0.29, 0.717) is 11.5 Å². The van der Waals surface area contributed by atoms with E-state index in [1.54, 1.807) is 0 Å². The Kier molecular flexibility index (Phi) is 13.9. The van der Waals surface area contributed by atoms with E-state index in [2.05, 4.69) is 95.0 Å². The van der Waals surface area contributed by atoms with Gasteiger partial charge < -0.3 is 29.4 Å². The number of rotatable bonds is 18. The maximum atomic E-state index is 11.7. The third-order valence-corrected chi connectivity index (χ3v) is 11.5. The van der Waals surface area contributed by atoms with Crippen molar-refractivity contribution in [1.29, 1.82) is 0 Å². The third kappa shape index (κ3) is 9.32. The highest BCUT2D eigenvalue weighted by atomic mass is 16.5. The number of benzene rings is 8. The van der Waals surface area contributed by atoms with E-state index in [4.69, 9.17) is 18.9 Å². The fourth-order valence-corrected chi connectivity index (χ4v) is 8.50. The zero-order chi connectivity index (χ0) is 44.6. The van der Waals surface area contributed by atoms with E-state index in [1.165, 1.54) is 0 Å². The summed E-state index contributed by atoms with van der Waals surface area (Å²) in [5.74, 6) is 1.32. The fraction of sp³-hybridized carbons (Fsp3) is 0.123. The van der Waals surface area contributed by atoms with Crippen molar-refractivity contribution >= 4 is 0 Å². The van der Waals surface area contributed by atoms with E-state index in [-0.39, 0.29) is 26.4 Å². The van der Waals surface area contributed by atoms with Crippen molar-refractivity contribution in [2.75, 3.05) is 26.4 Å². The number of ether oxygens (including phenoxy) is 4. The Labute approximate surface area is 379 Å². The highest BCUT2D eigenvalue weighted by molar-refractivity contribution is 5.60. The summed E-state index contributed by atoms with van der Waals surface area (Å²) in [5.41, 5.74) is 3.83. The summed E-state index contributed by atoms with van der Waals surface area (Å²) in [4.78, 5) is 0. The molecule has 8 aromatic rings. The standard InChI is InChI=1S/C57H46N2O6/c60-58-43-55(45-19-7-1-8-20-45,46-21-9-2-10-22-46)64-41-39-62-53-35-31-51(32-36-53)57(49-27-15-5-16-28-49,50-29-17-6-18-30-50)52-33-37-54(38-34-52)63-40-42-65-56(44-59-61,47-23-11-3-12-24-47)48-25-13-4-14-26-48/h1-38H,39-42H2. The second kappa shape index (κ2) is 20.8. The van der Waals surface area contributed by atoms with Crippen LogP contribution in [0, 0.1) is 22.6 Å². The van der Waals surface area contributed by atoms with Gasteiger partial charge in [0.1, 0.15) is 24.7 Å². The molecule has 0 radical (unpaired) electrons. The van der Waals surface area contributed by atoms with E-state index >= 15 is 0 Å². The van der Waals surface area contributed by atoms with Crippen LogP contribution in [0.1, 0.15) is 44.5 Å². The van der Waals surface area contributed by atoms with Crippen molar-refractivity contribution in [3.05, 3.63) is 295 Å². The topological polar surface area (TPSA) is 91.8 Å². The molecule has 0 fully saturated rings. The Balaban J connectivity index is 1.03. The number of nitrogens with zero attached hydrogens (tertiary/aromatic N) is 2. The van der Waals surface area contributed by atoms with Gasteiger partial charge in [0.05, 0.1) is 18.6 Å². The van der Waals surface area contributed by atoms with Gasteiger partial charge in [0.2, 0.25) is 0 Å². The molecule has 0 spiro atoms. The lowest BCUT2D eigenvalue weighted by Crippen LogP contribution is -2.31. The second-order valence-corrected chi connectivity index (χ2v) is 15.2. The summed E-state index contributed by atoms with van der Waals surface area (Å²) >= 11 is 0. The summed E-state index contributed by atoms with van der Waals surface area (Å²) in [6, 6.07) is 80.5. The predicted molar refractivity (Wildman–Crippen MR) is 256 cm³/mol. The molecule has 8 nitrogen and oxygen atoms in total. The molecule has 0 heterocycles. The first-order chi connectivity index (χ1) is 32.1. The molecule has 0 aromatic heterocycles. The highest BCUT2D eigenvalue weighted by Gasteiger charge is 2.42. The van der Waals surface area contributed by atoms with Crippen LogP contribution in [0.25, 0.3) is 10.0 Å². The van der Waals surface area contributed by atoms with Gasteiger partial charge in [-0.2, -0.15) is 0 Å². The zero-order valence-corrected chi connectivity index (χ0v) is 35.6. The van der Waals surface area contributed by atoms with Crippen LogP contribution in [-0.2, 0) is 26.1 Å². The third-order valence-electron chi connectivity index (χ3n) is 11.5. The highest BCUT2D eigenvalue weighted by Crippen LogP contribution is 2.46. The first-order valence-electron chi connectivity index (χ1n) is 21.4. The summed E-state index contributed by atoms with van der Waals surface area (Å²) in [6.07, 6.45) is 0. The van der Waals surface area contributed by atoms with Crippen LogP contribution < -0.4 is 9.47 Å². The normalized spacial score (nSPS) is 11.3. The van der Waals surface area contributed by atoms with E-state index in [9.17, 15) is 10.4 Å². The monoisotopic (exact) mass is 854 g/mol. The molecule has 0 unspecified atom stereocenters. The van der Waals surface area contributed by atoms with Gasteiger partial charge in [-0.05, 0) is 46.5 Å². The lowest BCUT2D eigenvalue weighted by molar-refractivity contribution is 0.00927. The first kappa shape index (κ1) is 43.5. The SMILES string of the molecule is [O-][N+]#CC(OCCOc1ccc(C(c2ccccc2)(c2ccccc2)c2ccc(OCCOC(C#[N+][O-])(c3ccccc3)c3ccccc3)cc2)cc1)(c1ccccc1)c1ccccc1. The molecule has 0 aliphatic carbocycles. The molecule has 0 bridgehead atoms. The molecule has 8 rings (SSSR count). The number of hydrogen-bond acceptors (Lipinski definition) is 6. The van der Waals surface area contributed by atoms with Gasteiger partial charge in [-0.25, -0.2) is 0 Å². The summed E-state index contributed by atoms with van der Waals surface area (Å²) in [7, 11) is 0. The summed E-state index contributed by atoms with van der Waals surface area (Å²) in [6.45, 7) is 0.723. The maximum absolute atomic E-state index is 11.7. The Bertz CT molecular complexity index is 2550. The Morgan fingerprint density at radius 3 is 0.815 bits per heavy atom. The molecule has 0 atom stereocenters. The van der Waals surface area contributed by atoms with Crippen LogP contribution in [0.3, 0.4) is 0 Å². The van der Waals surface area contributed by atoms with Crippen molar-refractivity contribution in [2.45, 2.75) is 16.6 Å². The van der Waals surface area contributed by atoms with Crippen molar-refractivity contribution in [3.8, 4) is 23.6 Å². The van der Waals surface area contributed by atoms with E-state index in [0.717, 1.165) is 44.5 Å². The van der Waals surface area contributed by atoms with Gasteiger partial charge in [0.15, 0.2) is 0 Å². The minimum atomic E-state index is -1.31. The van der Waals surface area contributed by atoms with Gasteiger partial charge >= 0.3 is 12.1 Å². The van der Waals surface area contributed by atoms with Gasteiger partial charge in [-0.15, -0.1) is 0 Å². The molecule has 0 N–H and O–H groups in total. The zero-order valence-electron chi connectivity index (χ0n) is 35.6. The molecule has 8 heteroatoms. The van der Waals surface area contributed by atoms with Crippen LogP contribution in [0.15, 0.2) is 231 Å². The smallest absolute Gasteiger partial charge is 0.344 e. The molecule has 0 aliphatic rings. The maximum Gasteiger partial charge on any atom is 0.344 e. The quantitative estimate of drug-likeness (QED) is 0.0485. The Morgan fingerprint density at radius 2 is 0.554 bits per heavy atom. The van der Waals surface area contributed by atoms with Crippen LogP contribution >= 0.6 is 0 Å². The molecule has 0 aliphatic heterocycles. The molecular formula is C57H46N2O6. The van der Waals surface area contributed by atoms with Crippen molar-refractivity contribution in [2.24, 2.45) is 0 Å². The van der Waals surface area contributed by atoms with Crippen molar-refractivity contribution < 1.29 is 18.9 Å². The molecular weight excluding hydrogens is 809 g/mol. The minimum Gasteiger partial charge on any atom is -0.498 e. The van der Waals surface area contributed by atoms with Gasteiger partial charge in [0, 0.05) is 32.3 Å². The van der Waals surface area contributed by atoms with Gasteiger partial charge in [0.25, 0.3) is 11.2 Å². The van der Waals surface area contributed by atoms with Crippen molar-refractivity contribution in [1.82, 2.24) is 0 Å². The van der Waals surface area contributed by atoms with Crippen LogP contribution in [0.2, 0.25) is 0 Å². The van der Waals surface area contributed by atoms with E-state index < -0.39 is 16.6 Å².